The summed E-state index contributed by atoms with van der Waals surface area (Å²) in [6.07, 6.45) is 0.857. The summed E-state index contributed by atoms with van der Waals surface area (Å²) in [7, 11) is 0. The third-order valence-corrected chi connectivity index (χ3v) is 3.71. The van der Waals surface area contributed by atoms with Crippen molar-refractivity contribution in [1.29, 1.82) is 0 Å². The lowest BCUT2D eigenvalue weighted by Crippen LogP contribution is -2.20. The number of carbonyl (C=O) groups excluding carboxylic acids is 1. The van der Waals surface area contributed by atoms with E-state index in [9.17, 15) is 4.79 Å². The van der Waals surface area contributed by atoms with E-state index in [-0.39, 0.29) is 12.5 Å². The predicted octanol–water partition coefficient (Wildman–Crippen LogP) is 4.68. The number of hydrogen-bond donors (Lipinski definition) is 1. The van der Waals surface area contributed by atoms with Crippen molar-refractivity contribution in [2.24, 2.45) is 0 Å². The van der Waals surface area contributed by atoms with Crippen LogP contribution in [0, 0.1) is 0 Å². The highest BCUT2D eigenvalue weighted by atomic mass is 79.9. The molecule has 2 aromatic carbocycles. The average molecular weight is 369 g/mol. The summed E-state index contributed by atoms with van der Waals surface area (Å²) in [5.74, 6) is 0.272. The molecule has 2 aromatic rings. The van der Waals surface area contributed by atoms with Gasteiger partial charge in [0.05, 0.1) is 5.02 Å². The Morgan fingerprint density at radius 2 is 2.05 bits per heavy atom. The summed E-state index contributed by atoms with van der Waals surface area (Å²) in [4.78, 5) is 11.9. The van der Waals surface area contributed by atoms with E-state index in [2.05, 4.69) is 21.2 Å². The molecule has 21 heavy (non-hydrogen) atoms. The number of amides is 1. The first-order chi connectivity index (χ1) is 10.1. The van der Waals surface area contributed by atoms with Gasteiger partial charge in [0.2, 0.25) is 0 Å². The summed E-state index contributed by atoms with van der Waals surface area (Å²) in [6.45, 7) is 1.96. The van der Waals surface area contributed by atoms with Crippen molar-refractivity contribution >= 4 is 39.1 Å². The highest BCUT2D eigenvalue weighted by Gasteiger charge is 2.08. The summed E-state index contributed by atoms with van der Waals surface area (Å²) >= 11 is 9.35. The molecule has 0 aromatic heterocycles. The maximum Gasteiger partial charge on any atom is 0.262 e. The van der Waals surface area contributed by atoms with E-state index in [1.807, 2.05) is 37.3 Å². The van der Waals surface area contributed by atoms with Crippen LogP contribution >= 0.6 is 27.5 Å². The SMILES string of the molecule is CCc1ccccc1NC(=O)COc1ccc(Br)cc1Cl. The number of rotatable bonds is 5. The second kappa shape index (κ2) is 7.48. The van der Waals surface area contributed by atoms with Gasteiger partial charge in [-0.3, -0.25) is 4.79 Å². The van der Waals surface area contributed by atoms with Crippen molar-refractivity contribution in [3.8, 4) is 5.75 Å². The normalized spacial score (nSPS) is 10.2. The average Bonchev–Trinajstić information content (AvgIpc) is 2.47. The Morgan fingerprint density at radius 1 is 1.29 bits per heavy atom. The first-order valence-corrected chi connectivity index (χ1v) is 7.73. The smallest absolute Gasteiger partial charge is 0.262 e. The van der Waals surface area contributed by atoms with Gasteiger partial charge in [-0.2, -0.15) is 0 Å². The number of hydrogen-bond acceptors (Lipinski definition) is 2. The quantitative estimate of drug-likeness (QED) is 0.832. The van der Waals surface area contributed by atoms with Gasteiger partial charge < -0.3 is 10.1 Å². The molecule has 0 aliphatic heterocycles. The minimum absolute atomic E-state index is 0.0839. The number of nitrogens with one attached hydrogen (secondary N) is 1. The van der Waals surface area contributed by atoms with Gasteiger partial charge in [-0.15, -0.1) is 0 Å². The summed E-state index contributed by atoms with van der Waals surface area (Å²) in [5.41, 5.74) is 1.91. The Morgan fingerprint density at radius 3 is 2.76 bits per heavy atom. The molecule has 0 saturated heterocycles. The van der Waals surface area contributed by atoms with Crippen molar-refractivity contribution in [2.75, 3.05) is 11.9 Å². The number of halogens is 2. The fourth-order valence-electron chi connectivity index (χ4n) is 1.87. The standard InChI is InChI=1S/C16H15BrClNO2/c1-2-11-5-3-4-6-14(11)19-16(20)10-21-15-8-7-12(17)9-13(15)18/h3-9H,2,10H2,1H3,(H,19,20). The van der Waals surface area contributed by atoms with Crippen LogP contribution in [0.4, 0.5) is 5.69 Å². The van der Waals surface area contributed by atoms with Crippen LogP contribution in [0.15, 0.2) is 46.9 Å². The second-order valence-electron chi connectivity index (χ2n) is 4.42. The molecule has 5 heteroatoms. The van der Waals surface area contributed by atoms with Crippen molar-refractivity contribution < 1.29 is 9.53 Å². The Hall–Kier alpha value is -1.52. The molecule has 3 nitrogen and oxygen atoms in total. The largest absolute Gasteiger partial charge is 0.482 e. The molecule has 0 spiro atoms. The number of aryl methyl sites for hydroxylation is 1. The molecule has 110 valence electrons. The molecule has 0 fully saturated rings. The van der Waals surface area contributed by atoms with Crippen LogP contribution in [0.2, 0.25) is 5.02 Å². The van der Waals surface area contributed by atoms with Gasteiger partial charge in [0, 0.05) is 10.2 Å². The third-order valence-electron chi connectivity index (χ3n) is 2.93. The molecular weight excluding hydrogens is 354 g/mol. The summed E-state index contributed by atoms with van der Waals surface area (Å²) in [5, 5.41) is 3.31. The zero-order chi connectivity index (χ0) is 15.2. The molecule has 2 rings (SSSR count). The molecule has 1 amide bonds. The lowest BCUT2D eigenvalue weighted by molar-refractivity contribution is -0.118. The molecule has 0 unspecified atom stereocenters. The Bertz CT molecular complexity index is 646. The highest BCUT2D eigenvalue weighted by Crippen LogP contribution is 2.27. The summed E-state index contributed by atoms with van der Waals surface area (Å²) < 4.78 is 6.30. The molecule has 0 saturated carbocycles. The third kappa shape index (κ3) is 4.48. The molecule has 1 N–H and O–H groups in total. The van der Waals surface area contributed by atoms with Crippen LogP contribution in [-0.2, 0) is 11.2 Å². The van der Waals surface area contributed by atoms with Crippen LogP contribution in [0.3, 0.4) is 0 Å². The van der Waals surface area contributed by atoms with Crippen LogP contribution in [-0.4, -0.2) is 12.5 Å². The van der Waals surface area contributed by atoms with Gasteiger partial charge >= 0.3 is 0 Å². The molecular formula is C16H15BrClNO2. The topological polar surface area (TPSA) is 38.3 Å². The zero-order valence-electron chi connectivity index (χ0n) is 11.5. The van der Waals surface area contributed by atoms with Gasteiger partial charge in [-0.05, 0) is 36.2 Å². The second-order valence-corrected chi connectivity index (χ2v) is 5.75. The van der Waals surface area contributed by atoms with E-state index in [4.69, 9.17) is 16.3 Å². The number of ether oxygens (including phenoxy) is 1. The Balaban J connectivity index is 1.96. The van der Waals surface area contributed by atoms with Crippen molar-refractivity contribution in [3.05, 3.63) is 57.5 Å². The monoisotopic (exact) mass is 367 g/mol. The van der Waals surface area contributed by atoms with Crippen molar-refractivity contribution in [3.63, 3.8) is 0 Å². The lowest BCUT2D eigenvalue weighted by atomic mass is 10.1. The predicted molar refractivity (Wildman–Crippen MR) is 89.1 cm³/mol. The van der Waals surface area contributed by atoms with Crippen LogP contribution in [0.1, 0.15) is 12.5 Å². The van der Waals surface area contributed by atoms with Crippen molar-refractivity contribution in [1.82, 2.24) is 0 Å². The Labute approximate surface area is 137 Å². The minimum Gasteiger partial charge on any atom is -0.482 e. The lowest BCUT2D eigenvalue weighted by Gasteiger charge is -2.11. The van der Waals surface area contributed by atoms with Gasteiger partial charge in [0.25, 0.3) is 5.91 Å². The van der Waals surface area contributed by atoms with Gasteiger partial charge in [0.15, 0.2) is 6.61 Å². The molecule has 0 atom stereocenters. The van der Waals surface area contributed by atoms with E-state index in [1.54, 1.807) is 12.1 Å². The number of carbonyl (C=O) groups is 1. The van der Waals surface area contributed by atoms with Gasteiger partial charge in [-0.1, -0.05) is 52.7 Å². The maximum atomic E-state index is 11.9. The van der Waals surface area contributed by atoms with Crippen LogP contribution in [0.25, 0.3) is 0 Å². The number of anilines is 1. The Kier molecular flexibility index (Phi) is 5.65. The molecule has 0 aliphatic carbocycles. The molecule has 0 radical (unpaired) electrons. The minimum atomic E-state index is -0.213. The first-order valence-electron chi connectivity index (χ1n) is 6.55. The fraction of sp³-hybridized carbons (Fsp3) is 0.188. The van der Waals surface area contributed by atoms with Gasteiger partial charge in [-0.25, -0.2) is 0 Å². The first kappa shape index (κ1) is 15.9. The van der Waals surface area contributed by atoms with Gasteiger partial charge in [0.1, 0.15) is 5.75 Å². The van der Waals surface area contributed by atoms with Crippen LogP contribution in [0.5, 0.6) is 5.75 Å². The fourth-order valence-corrected chi connectivity index (χ4v) is 2.60. The zero-order valence-corrected chi connectivity index (χ0v) is 13.9. The van der Waals surface area contributed by atoms with E-state index >= 15 is 0 Å². The maximum absolute atomic E-state index is 11.9. The van der Waals surface area contributed by atoms with Crippen LogP contribution < -0.4 is 10.1 Å². The molecule has 0 heterocycles. The summed E-state index contributed by atoms with van der Waals surface area (Å²) in [6, 6.07) is 13.0. The van der Waals surface area contributed by atoms with E-state index in [1.165, 1.54) is 0 Å². The molecule has 0 aliphatic rings. The number of benzene rings is 2. The van der Waals surface area contributed by atoms with E-state index in [0.717, 1.165) is 22.1 Å². The van der Waals surface area contributed by atoms with E-state index < -0.39 is 0 Å². The highest BCUT2D eigenvalue weighted by molar-refractivity contribution is 9.10. The van der Waals surface area contributed by atoms with Crippen molar-refractivity contribution in [2.45, 2.75) is 13.3 Å². The van der Waals surface area contributed by atoms with E-state index in [0.29, 0.717) is 10.8 Å². The molecule has 0 bridgehead atoms. The number of para-hydroxylation sites is 1.